The minimum Gasteiger partial charge on any atom is -0.265 e. The van der Waals surface area contributed by atoms with Crippen LogP contribution < -0.4 is 0 Å². The van der Waals surface area contributed by atoms with Gasteiger partial charge in [0.25, 0.3) is 0 Å². The maximum Gasteiger partial charge on any atom is 0.0662 e. The van der Waals surface area contributed by atoms with Gasteiger partial charge in [0.1, 0.15) is 0 Å². The van der Waals surface area contributed by atoms with Crippen molar-refractivity contribution in [2.75, 3.05) is 0 Å². The zero-order chi connectivity index (χ0) is 13.1. The summed E-state index contributed by atoms with van der Waals surface area (Å²) < 4.78 is 2.07. The quantitative estimate of drug-likeness (QED) is 0.759. The lowest BCUT2D eigenvalue weighted by Crippen LogP contribution is -2.08. The van der Waals surface area contributed by atoms with Gasteiger partial charge < -0.3 is 0 Å². The number of alkyl halides is 1. The van der Waals surface area contributed by atoms with Crippen LogP contribution in [0.5, 0.6) is 0 Å². The minimum atomic E-state index is 0.436. The molecule has 1 heterocycles. The van der Waals surface area contributed by atoms with Gasteiger partial charge in [-0.05, 0) is 18.4 Å². The second kappa shape index (κ2) is 5.57. The number of nitrogens with zero attached hydrogens (tertiary/aromatic N) is 2. The van der Waals surface area contributed by atoms with E-state index >= 15 is 0 Å². The van der Waals surface area contributed by atoms with Crippen molar-refractivity contribution < 1.29 is 0 Å². The summed E-state index contributed by atoms with van der Waals surface area (Å²) in [6.07, 6.45) is 1.89. The molecule has 3 heteroatoms. The summed E-state index contributed by atoms with van der Waals surface area (Å²) in [5.74, 6) is 0.965. The molecule has 0 atom stereocenters. The third-order valence-corrected chi connectivity index (χ3v) is 3.35. The lowest BCUT2D eigenvalue weighted by Gasteiger charge is -2.12. The largest absolute Gasteiger partial charge is 0.265 e. The number of halogens is 1. The SMILES string of the molecule is Cc1cccc(Cn2ncc(CCl)c2C(C)C)c1. The smallest absolute Gasteiger partial charge is 0.0662 e. The summed E-state index contributed by atoms with van der Waals surface area (Å²) >= 11 is 5.96. The van der Waals surface area contributed by atoms with Crippen molar-refractivity contribution in [1.29, 1.82) is 0 Å². The molecule has 0 aliphatic heterocycles. The van der Waals surface area contributed by atoms with Crippen molar-refractivity contribution in [3.05, 3.63) is 52.8 Å². The van der Waals surface area contributed by atoms with Gasteiger partial charge >= 0.3 is 0 Å². The summed E-state index contributed by atoms with van der Waals surface area (Å²) in [4.78, 5) is 0. The van der Waals surface area contributed by atoms with Crippen molar-refractivity contribution in [3.8, 4) is 0 Å². The van der Waals surface area contributed by atoms with Gasteiger partial charge in [-0.25, -0.2) is 0 Å². The second-order valence-corrected chi connectivity index (χ2v) is 5.26. The highest BCUT2D eigenvalue weighted by atomic mass is 35.5. The molecule has 0 radical (unpaired) electrons. The van der Waals surface area contributed by atoms with Gasteiger partial charge in [-0.15, -0.1) is 11.6 Å². The fourth-order valence-electron chi connectivity index (χ4n) is 2.31. The first-order valence-electron chi connectivity index (χ1n) is 6.28. The van der Waals surface area contributed by atoms with Gasteiger partial charge in [0.2, 0.25) is 0 Å². The van der Waals surface area contributed by atoms with Gasteiger partial charge in [0, 0.05) is 11.3 Å². The monoisotopic (exact) mass is 262 g/mol. The lowest BCUT2D eigenvalue weighted by molar-refractivity contribution is 0.615. The van der Waals surface area contributed by atoms with E-state index < -0.39 is 0 Å². The van der Waals surface area contributed by atoms with Gasteiger partial charge in [-0.2, -0.15) is 5.10 Å². The van der Waals surface area contributed by atoms with Crippen LogP contribution in [0.4, 0.5) is 0 Å². The van der Waals surface area contributed by atoms with Crippen molar-refractivity contribution in [1.82, 2.24) is 9.78 Å². The summed E-state index contributed by atoms with van der Waals surface area (Å²) in [7, 11) is 0. The molecule has 0 aliphatic carbocycles. The summed E-state index contributed by atoms with van der Waals surface area (Å²) in [6.45, 7) is 7.28. The van der Waals surface area contributed by atoms with E-state index in [1.54, 1.807) is 0 Å². The summed E-state index contributed by atoms with van der Waals surface area (Å²) in [5, 5.41) is 4.47. The Morgan fingerprint density at radius 1 is 1.33 bits per heavy atom. The Bertz CT molecular complexity index is 529. The molecule has 0 spiro atoms. The molecular formula is C15H19ClN2. The minimum absolute atomic E-state index is 0.436. The molecule has 0 amide bonds. The lowest BCUT2D eigenvalue weighted by atomic mass is 10.1. The van der Waals surface area contributed by atoms with E-state index in [1.165, 1.54) is 16.8 Å². The van der Waals surface area contributed by atoms with Gasteiger partial charge in [0.05, 0.1) is 18.6 Å². The highest BCUT2D eigenvalue weighted by Crippen LogP contribution is 2.22. The van der Waals surface area contributed by atoms with Crippen LogP contribution in [-0.2, 0) is 12.4 Å². The Balaban J connectivity index is 2.32. The number of benzene rings is 1. The maximum absolute atomic E-state index is 5.96. The molecule has 0 saturated heterocycles. The molecule has 0 N–H and O–H groups in total. The number of hydrogen-bond acceptors (Lipinski definition) is 1. The second-order valence-electron chi connectivity index (χ2n) is 4.99. The Kier molecular flexibility index (Phi) is 4.07. The number of hydrogen-bond donors (Lipinski definition) is 0. The van der Waals surface area contributed by atoms with Crippen LogP contribution in [0.1, 0.15) is 42.1 Å². The van der Waals surface area contributed by atoms with Gasteiger partial charge in [0.15, 0.2) is 0 Å². The molecule has 96 valence electrons. The van der Waals surface area contributed by atoms with Crippen molar-refractivity contribution in [3.63, 3.8) is 0 Å². The van der Waals surface area contributed by atoms with Crippen LogP contribution in [0.25, 0.3) is 0 Å². The zero-order valence-electron chi connectivity index (χ0n) is 11.2. The summed E-state index contributed by atoms with van der Waals surface area (Å²) in [5.41, 5.74) is 4.94. The maximum atomic E-state index is 5.96. The van der Waals surface area contributed by atoms with E-state index in [1.807, 2.05) is 6.20 Å². The molecule has 2 nitrogen and oxygen atoms in total. The Labute approximate surface area is 114 Å². The Morgan fingerprint density at radius 3 is 2.72 bits per heavy atom. The normalized spacial score (nSPS) is 11.2. The van der Waals surface area contributed by atoms with E-state index in [9.17, 15) is 0 Å². The summed E-state index contributed by atoms with van der Waals surface area (Å²) in [6, 6.07) is 8.54. The van der Waals surface area contributed by atoms with E-state index in [4.69, 9.17) is 11.6 Å². The van der Waals surface area contributed by atoms with Crippen LogP contribution >= 0.6 is 11.6 Å². The third-order valence-electron chi connectivity index (χ3n) is 3.07. The third kappa shape index (κ3) is 2.75. The average Bonchev–Trinajstić information content (AvgIpc) is 2.72. The number of aromatic nitrogens is 2. The highest BCUT2D eigenvalue weighted by molar-refractivity contribution is 6.17. The molecule has 1 aromatic carbocycles. The molecule has 0 fully saturated rings. The van der Waals surface area contributed by atoms with E-state index in [-0.39, 0.29) is 0 Å². The van der Waals surface area contributed by atoms with Crippen LogP contribution in [0.3, 0.4) is 0 Å². The molecule has 1 aromatic heterocycles. The molecule has 0 unspecified atom stereocenters. The van der Waals surface area contributed by atoms with Crippen molar-refractivity contribution in [2.45, 2.75) is 39.1 Å². The molecular weight excluding hydrogens is 244 g/mol. The molecule has 2 aromatic rings. The molecule has 0 saturated carbocycles. The Morgan fingerprint density at radius 2 is 2.11 bits per heavy atom. The first-order chi connectivity index (χ1) is 8.61. The van der Waals surface area contributed by atoms with E-state index in [0.717, 1.165) is 12.1 Å². The van der Waals surface area contributed by atoms with Crippen LogP contribution in [-0.4, -0.2) is 9.78 Å². The molecule has 0 bridgehead atoms. The van der Waals surface area contributed by atoms with Gasteiger partial charge in [-0.1, -0.05) is 43.7 Å². The van der Waals surface area contributed by atoms with Crippen LogP contribution in [0, 0.1) is 6.92 Å². The van der Waals surface area contributed by atoms with E-state index in [0.29, 0.717) is 11.8 Å². The fraction of sp³-hybridized carbons (Fsp3) is 0.400. The number of rotatable bonds is 4. The van der Waals surface area contributed by atoms with Crippen LogP contribution in [0.15, 0.2) is 30.5 Å². The van der Waals surface area contributed by atoms with E-state index in [2.05, 4.69) is 54.8 Å². The van der Waals surface area contributed by atoms with Crippen molar-refractivity contribution in [2.24, 2.45) is 0 Å². The zero-order valence-corrected chi connectivity index (χ0v) is 11.9. The van der Waals surface area contributed by atoms with Gasteiger partial charge in [-0.3, -0.25) is 4.68 Å². The van der Waals surface area contributed by atoms with Crippen LogP contribution in [0.2, 0.25) is 0 Å². The predicted molar refractivity (Wildman–Crippen MR) is 76.2 cm³/mol. The predicted octanol–water partition coefficient (Wildman–Crippen LogP) is 4.10. The first-order valence-corrected chi connectivity index (χ1v) is 6.81. The molecule has 18 heavy (non-hydrogen) atoms. The Hall–Kier alpha value is -1.28. The fourth-order valence-corrected chi connectivity index (χ4v) is 2.52. The first kappa shape index (κ1) is 13.2. The topological polar surface area (TPSA) is 17.8 Å². The molecule has 2 rings (SSSR count). The molecule has 0 aliphatic rings. The standard InChI is InChI=1S/C15H19ClN2/c1-11(2)15-14(8-16)9-17-18(15)10-13-6-4-5-12(3)7-13/h4-7,9,11H,8,10H2,1-3H3. The average molecular weight is 263 g/mol. The van der Waals surface area contributed by atoms with Crippen molar-refractivity contribution >= 4 is 11.6 Å². The number of aryl methyl sites for hydroxylation is 1. The highest BCUT2D eigenvalue weighted by Gasteiger charge is 2.13.